The molecule has 3 heteroatoms. The van der Waals surface area contributed by atoms with E-state index in [1.807, 2.05) is 0 Å². The summed E-state index contributed by atoms with van der Waals surface area (Å²) in [7, 11) is 0. The molecule has 1 saturated carbocycles. The molecule has 2 atom stereocenters. The van der Waals surface area contributed by atoms with Crippen LogP contribution in [0.25, 0.3) is 11.1 Å². The van der Waals surface area contributed by atoms with E-state index < -0.39 is 0 Å². The number of oxazole rings is 1. The summed E-state index contributed by atoms with van der Waals surface area (Å²) in [5.41, 5.74) is 3.31. The topological polar surface area (TPSA) is 29.3 Å². The third-order valence-electron chi connectivity index (χ3n) is 5.26. The quantitative estimate of drug-likeness (QED) is 0.629. The van der Waals surface area contributed by atoms with Crippen molar-refractivity contribution in [3.63, 3.8) is 0 Å². The first-order valence-electron chi connectivity index (χ1n) is 9.30. The van der Waals surface area contributed by atoms with Crippen LogP contribution in [0, 0.1) is 0 Å². The summed E-state index contributed by atoms with van der Waals surface area (Å²) in [5.74, 6) is 1.51. The second-order valence-electron chi connectivity index (χ2n) is 7.08. The molecule has 1 aliphatic carbocycles. The van der Waals surface area contributed by atoms with Gasteiger partial charge in [0.15, 0.2) is 11.5 Å². The third kappa shape index (κ3) is 3.60. The van der Waals surface area contributed by atoms with Crippen LogP contribution in [0.15, 0.2) is 22.6 Å². The Kier molecular flexibility index (Phi) is 5.05. The Balaban J connectivity index is 1.83. The van der Waals surface area contributed by atoms with Crippen LogP contribution < -0.4 is 0 Å². The Bertz CT molecular complexity index is 644. The molecule has 23 heavy (non-hydrogen) atoms. The van der Waals surface area contributed by atoms with Crippen LogP contribution in [0.4, 0.5) is 0 Å². The molecule has 0 N–H and O–H groups in total. The molecule has 1 unspecified atom stereocenters. The van der Waals surface area contributed by atoms with Gasteiger partial charge in [0, 0.05) is 18.0 Å². The number of fused-ring (bicyclic) bond motifs is 1. The average molecular weight is 314 g/mol. The van der Waals surface area contributed by atoms with Gasteiger partial charge < -0.3 is 4.42 Å². The maximum atomic E-state index is 5.90. The first kappa shape index (κ1) is 16.5. The lowest BCUT2D eigenvalue weighted by atomic mass is 10.0. The Morgan fingerprint density at radius 2 is 2.04 bits per heavy atom. The highest BCUT2D eigenvalue weighted by atomic mass is 16.3. The predicted molar refractivity (Wildman–Crippen MR) is 95.8 cm³/mol. The number of hydrogen-bond donors (Lipinski definition) is 0. The SMILES string of the molecule is CCCCN(C(C)c1ccc2oc(C3CC3)nc2c1)[C@@H](C)CC. The predicted octanol–water partition coefficient (Wildman–Crippen LogP) is 5.67. The van der Waals surface area contributed by atoms with Crippen molar-refractivity contribution in [1.29, 1.82) is 0 Å². The largest absolute Gasteiger partial charge is 0.440 e. The lowest BCUT2D eigenvalue weighted by Gasteiger charge is -2.34. The van der Waals surface area contributed by atoms with Crippen molar-refractivity contribution in [2.24, 2.45) is 0 Å². The number of rotatable bonds is 8. The van der Waals surface area contributed by atoms with E-state index in [1.54, 1.807) is 0 Å². The summed E-state index contributed by atoms with van der Waals surface area (Å²) in [5, 5.41) is 0. The smallest absolute Gasteiger partial charge is 0.198 e. The summed E-state index contributed by atoms with van der Waals surface area (Å²) in [6.07, 6.45) is 6.15. The molecule has 0 amide bonds. The van der Waals surface area contributed by atoms with Gasteiger partial charge >= 0.3 is 0 Å². The standard InChI is InChI=1S/C20H30N2O/c1-5-7-12-22(14(3)6-2)15(4)17-10-11-19-18(13-17)21-20(23-19)16-8-9-16/h10-11,13-16H,5-9,12H2,1-4H3/t14-,15?/m0/s1. The Hall–Kier alpha value is -1.35. The van der Waals surface area contributed by atoms with Crippen molar-refractivity contribution < 1.29 is 4.42 Å². The van der Waals surface area contributed by atoms with E-state index >= 15 is 0 Å². The first-order valence-corrected chi connectivity index (χ1v) is 9.30. The lowest BCUT2D eigenvalue weighted by Crippen LogP contribution is -2.35. The molecule has 1 aliphatic rings. The number of unbranched alkanes of at least 4 members (excludes halogenated alkanes) is 1. The van der Waals surface area contributed by atoms with Crippen molar-refractivity contribution in [2.45, 2.75) is 77.8 Å². The Labute approximate surface area is 140 Å². The van der Waals surface area contributed by atoms with Gasteiger partial charge in [-0.25, -0.2) is 4.98 Å². The first-order chi connectivity index (χ1) is 11.1. The van der Waals surface area contributed by atoms with Gasteiger partial charge in [0.25, 0.3) is 0 Å². The van der Waals surface area contributed by atoms with Gasteiger partial charge in [-0.15, -0.1) is 0 Å². The minimum Gasteiger partial charge on any atom is -0.440 e. The highest BCUT2D eigenvalue weighted by Gasteiger charge is 2.29. The van der Waals surface area contributed by atoms with Crippen LogP contribution in [0.3, 0.4) is 0 Å². The highest BCUT2D eigenvalue weighted by molar-refractivity contribution is 5.73. The van der Waals surface area contributed by atoms with E-state index in [1.165, 1.54) is 37.7 Å². The van der Waals surface area contributed by atoms with Gasteiger partial charge in [-0.2, -0.15) is 0 Å². The van der Waals surface area contributed by atoms with E-state index in [0.717, 1.165) is 23.5 Å². The minimum atomic E-state index is 0.418. The second-order valence-corrected chi connectivity index (χ2v) is 7.08. The molecule has 1 fully saturated rings. The van der Waals surface area contributed by atoms with Crippen molar-refractivity contribution >= 4 is 11.1 Å². The van der Waals surface area contributed by atoms with Gasteiger partial charge in [0.1, 0.15) is 5.52 Å². The molecule has 0 aliphatic heterocycles. The fourth-order valence-corrected chi connectivity index (χ4v) is 3.29. The van der Waals surface area contributed by atoms with E-state index in [-0.39, 0.29) is 0 Å². The Morgan fingerprint density at radius 1 is 1.26 bits per heavy atom. The summed E-state index contributed by atoms with van der Waals surface area (Å²) in [4.78, 5) is 7.35. The molecule has 0 radical (unpaired) electrons. The van der Waals surface area contributed by atoms with E-state index in [9.17, 15) is 0 Å². The Morgan fingerprint density at radius 3 is 2.70 bits per heavy atom. The molecule has 0 saturated heterocycles. The fraction of sp³-hybridized carbons (Fsp3) is 0.650. The molecule has 0 spiro atoms. The summed E-state index contributed by atoms with van der Waals surface area (Å²) in [6.45, 7) is 10.4. The zero-order chi connectivity index (χ0) is 16.4. The zero-order valence-electron chi connectivity index (χ0n) is 15.0. The normalized spacial score (nSPS) is 17.8. The van der Waals surface area contributed by atoms with Gasteiger partial charge in [-0.1, -0.05) is 26.3 Å². The summed E-state index contributed by atoms with van der Waals surface area (Å²) in [6, 6.07) is 7.58. The van der Waals surface area contributed by atoms with Crippen molar-refractivity contribution in [3.05, 3.63) is 29.7 Å². The van der Waals surface area contributed by atoms with Crippen LogP contribution in [0.2, 0.25) is 0 Å². The summed E-state index contributed by atoms with van der Waals surface area (Å²) >= 11 is 0. The van der Waals surface area contributed by atoms with Gasteiger partial charge in [-0.3, -0.25) is 4.90 Å². The molecular weight excluding hydrogens is 284 g/mol. The maximum absolute atomic E-state index is 5.90. The van der Waals surface area contributed by atoms with Crippen LogP contribution >= 0.6 is 0 Å². The van der Waals surface area contributed by atoms with Gasteiger partial charge in [0.05, 0.1) is 0 Å². The van der Waals surface area contributed by atoms with Crippen molar-refractivity contribution in [2.75, 3.05) is 6.54 Å². The molecule has 126 valence electrons. The molecule has 3 rings (SSSR count). The van der Waals surface area contributed by atoms with Crippen molar-refractivity contribution in [1.82, 2.24) is 9.88 Å². The van der Waals surface area contributed by atoms with E-state index in [4.69, 9.17) is 9.40 Å². The number of hydrogen-bond acceptors (Lipinski definition) is 3. The minimum absolute atomic E-state index is 0.418. The number of benzene rings is 1. The molecule has 1 aromatic carbocycles. The molecule has 2 aromatic rings. The van der Waals surface area contributed by atoms with Gasteiger partial charge in [0.2, 0.25) is 0 Å². The lowest BCUT2D eigenvalue weighted by molar-refractivity contribution is 0.147. The molecule has 1 aromatic heterocycles. The van der Waals surface area contributed by atoms with Crippen LogP contribution in [0.5, 0.6) is 0 Å². The van der Waals surface area contributed by atoms with Crippen LogP contribution in [-0.4, -0.2) is 22.5 Å². The molecular formula is C20H30N2O. The van der Waals surface area contributed by atoms with Crippen LogP contribution in [-0.2, 0) is 0 Å². The third-order valence-corrected chi connectivity index (χ3v) is 5.26. The molecule has 0 bridgehead atoms. The van der Waals surface area contributed by atoms with E-state index in [2.05, 4.69) is 50.8 Å². The van der Waals surface area contributed by atoms with Gasteiger partial charge in [-0.05, 0) is 63.8 Å². The molecule has 3 nitrogen and oxygen atoms in total. The second kappa shape index (κ2) is 7.04. The number of aromatic nitrogens is 1. The summed E-state index contributed by atoms with van der Waals surface area (Å²) < 4.78 is 5.90. The van der Waals surface area contributed by atoms with Crippen molar-refractivity contribution in [3.8, 4) is 0 Å². The highest BCUT2D eigenvalue weighted by Crippen LogP contribution is 2.40. The average Bonchev–Trinajstić information content (AvgIpc) is 3.33. The fourth-order valence-electron chi connectivity index (χ4n) is 3.29. The van der Waals surface area contributed by atoms with E-state index in [0.29, 0.717) is 18.0 Å². The molecule has 1 heterocycles. The zero-order valence-corrected chi connectivity index (χ0v) is 15.0. The number of nitrogens with zero attached hydrogens (tertiary/aromatic N) is 2. The maximum Gasteiger partial charge on any atom is 0.198 e. The van der Waals surface area contributed by atoms with Crippen LogP contribution in [0.1, 0.15) is 83.2 Å². The monoisotopic (exact) mass is 314 g/mol.